The van der Waals surface area contributed by atoms with Crippen LogP contribution in [0.25, 0.3) is 22.4 Å². The van der Waals surface area contributed by atoms with Gasteiger partial charge >= 0.3 is 0 Å². The molecular weight excluding hydrogens is 410 g/mol. The highest BCUT2D eigenvalue weighted by Crippen LogP contribution is 2.35. The van der Waals surface area contributed by atoms with Crippen molar-refractivity contribution >= 4 is 0 Å². The quantitative estimate of drug-likeness (QED) is 0.452. The first-order valence-electron chi connectivity index (χ1n) is 10.5. The Labute approximate surface area is 192 Å². The molecule has 6 nitrogen and oxygen atoms in total. The van der Waals surface area contributed by atoms with Crippen molar-refractivity contribution in [3.8, 4) is 46.2 Å². The summed E-state index contributed by atoms with van der Waals surface area (Å²) in [7, 11) is 0. The minimum absolute atomic E-state index is 0.335. The summed E-state index contributed by atoms with van der Waals surface area (Å²) >= 11 is 0. The number of nitrogens with two attached hydrogens (primary N) is 1. The van der Waals surface area contributed by atoms with Crippen molar-refractivity contribution in [2.75, 3.05) is 6.54 Å². The van der Waals surface area contributed by atoms with Gasteiger partial charge in [-0.05, 0) is 55.3 Å². The van der Waals surface area contributed by atoms with E-state index in [4.69, 9.17) is 10.5 Å². The van der Waals surface area contributed by atoms with Crippen LogP contribution in [0.4, 0.5) is 0 Å². The van der Waals surface area contributed by atoms with E-state index in [0.717, 1.165) is 23.1 Å². The maximum absolute atomic E-state index is 9.46. The highest BCUT2D eigenvalue weighted by molar-refractivity contribution is 5.73. The van der Waals surface area contributed by atoms with Crippen LogP contribution in [0, 0.1) is 29.6 Å². The van der Waals surface area contributed by atoms with E-state index in [0.29, 0.717) is 46.4 Å². The highest BCUT2D eigenvalue weighted by Gasteiger charge is 2.13. The average molecular weight is 431 g/mol. The van der Waals surface area contributed by atoms with E-state index in [9.17, 15) is 10.5 Å². The van der Waals surface area contributed by atoms with Crippen molar-refractivity contribution in [1.29, 1.82) is 10.5 Å². The molecule has 0 saturated heterocycles. The van der Waals surface area contributed by atoms with Crippen molar-refractivity contribution in [2.45, 2.75) is 13.3 Å². The lowest BCUT2D eigenvalue weighted by Gasteiger charge is -2.13. The molecule has 1 aromatic heterocycles. The molecule has 0 radical (unpaired) electrons. The Kier molecular flexibility index (Phi) is 6.40. The first-order valence-corrected chi connectivity index (χ1v) is 10.5. The predicted octanol–water partition coefficient (Wildman–Crippen LogP) is 5.16. The van der Waals surface area contributed by atoms with Gasteiger partial charge < -0.3 is 10.5 Å². The van der Waals surface area contributed by atoms with Crippen LogP contribution >= 0.6 is 0 Å². The summed E-state index contributed by atoms with van der Waals surface area (Å²) in [5.41, 5.74) is 10.9. The van der Waals surface area contributed by atoms with E-state index in [2.05, 4.69) is 22.1 Å². The molecule has 0 unspecified atom stereocenters. The van der Waals surface area contributed by atoms with Gasteiger partial charge in [0.05, 0.1) is 29.0 Å². The van der Waals surface area contributed by atoms with Crippen LogP contribution in [-0.2, 0) is 6.42 Å². The molecule has 4 aromatic rings. The second-order valence-electron chi connectivity index (χ2n) is 7.46. The predicted molar refractivity (Wildman–Crippen MR) is 126 cm³/mol. The van der Waals surface area contributed by atoms with Crippen molar-refractivity contribution < 1.29 is 4.74 Å². The molecule has 0 fully saturated rings. The number of rotatable bonds is 6. The van der Waals surface area contributed by atoms with Crippen molar-refractivity contribution in [1.82, 2.24) is 9.97 Å². The van der Waals surface area contributed by atoms with Gasteiger partial charge in [0.25, 0.3) is 0 Å². The second-order valence-corrected chi connectivity index (χ2v) is 7.46. The Morgan fingerprint density at radius 1 is 0.879 bits per heavy atom. The number of nitriles is 2. The molecule has 3 aromatic carbocycles. The van der Waals surface area contributed by atoms with Crippen LogP contribution in [0.15, 0.2) is 72.8 Å². The molecular formula is C27H21N5O. The summed E-state index contributed by atoms with van der Waals surface area (Å²) in [5, 5.41) is 18.9. The zero-order valence-corrected chi connectivity index (χ0v) is 18.1. The molecule has 33 heavy (non-hydrogen) atoms. The Balaban J connectivity index is 1.75. The maximum Gasteiger partial charge on any atom is 0.223 e. The number of benzene rings is 3. The SMILES string of the molecule is Cc1nc(Oc2cc(C#N)ccc2-c2ccc(CCN)cc2)cc(-c2ccccc2C#N)n1. The lowest BCUT2D eigenvalue weighted by molar-refractivity contribution is 0.461. The zero-order chi connectivity index (χ0) is 23.2. The molecule has 0 aliphatic heterocycles. The van der Waals surface area contributed by atoms with Gasteiger partial charge in [-0.25, -0.2) is 4.98 Å². The number of ether oxygens (including phenoxy) is 1. The smallest absolute Gasteiger partial charge is 0.223 e. The van der Waals surface area contributed by atoms with Gasteiger partial charge in [0.15, 0.2) is 0 Å². The van der Waals surface area contributed by atoms with Crippen LogP contribution in [0.1, 0.15) is 22.5 Å². The number of nitrogens with zero attached hydrogens (tertiary/aromatic N) is 4. The van der Waals surface area contributed by atoms with Gasteiger partial charge in [-0.15, -0.1) is 0 Å². The van der Waals surface area contributed by atoms with E-state index >= 15 is 0 Å². The average Bonchev–Trinajstić information content (AvgIpc) is 2.84. The van der Waals surface area contributed by atoms with Crippen molar-refractivity contribution in [3.63, 3.8) is 0 Å². The summed E-state index contributed by atoms with van der Waals surface area (Å²) in [5.74, 6) is 1.36. The lowest BCUT2D eigenvalue weighted by atomic mass is 10.0. The third-order valence-corrected chi connectivity index (χ3v) is 5.16. The van der Waals surface area contributed by atoms with Crippen LogP contribution in [-0.4, -0.2) is 16.5 Å². The largest absolute Gasteiger partial charge is 0.438 e. The van der Waals surface area contributed by atoms with Gasteiger partial charge in [0.1, 0.15) is 11.6 Å². The summed E-state index contributed by atoms with van der Waals surface area (Å²) in [6, 6.07) is 26.7. The topological polar surface area (TPSA) is 109 Å². The van der Waals surface area contributed by atoms with E-state index in [-0.39, 0.29) is 0 Å². The van der Waals surface area contributed by atoms with Crippen molar-refractivity contribution in [2.24, 2.45) is 5.73 Å². The zero-order valence-electron chi connectivity index (χ0n) is 18.1. The number of hydrogen-bond donors (Lipinski definition) is 1. The van der Waals surface area contributed by atoms with Crippen LogP contribution in [0.2, 0.25) is 0 Å². The fourth-order valence-corrected chi connectivity index (χ4v) is 3.58. The monoisotopic (exact) mass is 431 g/mol. The standard InChI is InChI=1S/C27H21N5O/c1-18-31-25(23-5-3-2-4-22(23)17-30)15-27(32-18)33-26-14-20(16-29)8-11-24(26)21-9-6-19(7-10-21)12-13-28/h2-11,14-15H,12-13,28H2,1H3. The van der Waals surface area contributed by atoms with Gasteiger partial charge in [-0.1, -0.05) is 42.5 Å². The Bertz CT molecular complexity index is 1380. The second kappa shape index (κ2) is 9.74. The molecule has 0 spiro atoms. The summed E-state index contributed by atoms with van der Waals surface area (Å²) in [6.07, 6.45) is 0.810. The Hall–Kier alpha value is -4.52. The summed E-state index contributed by atoms with van der Waals surface area (Å²) in [6.45, 7) is 2.36. The minimum Gasteiger partial charge on any atom is -0.438 e. The van der Waals surface area contributed by atoms with Gasteiger partial charge in [-0.3, -0.25) is 0 Å². The van der Waals surface area contributed by atoms with E-state index in [1.54, 1.807) is 31.2 Å². The number of hydrogen-bond acceptors (Lipinski definition) is 6. The van der Waals surface area contributed by atoms with E-state index < -0.39 is 0 Å². The van der Waals surface area contributed by atoms with Gasteiger partial charge in [-0.2, -0.15) is 15.5 Å². The van der Waals surface area contributed by atoms with Crippen molar-refractivity contribution in [3.05, 3.63) is 95.3 Å². The molecule has 0 saturated carbocycles. The van der Waals surface area contributed by atoms with Gasteiger partial charge in [0, 0.05) is 17.2 Å². The molecule has 0 bridgehead atoms. The normalized spacial score (nSPS) is 10.3. The summed E-state index contributed by atoms with van der Waals surface area (Å²) < 4.78 is 6.20. The Morgan fingerprint density at radius 3 is 2.39 bits per heavy atom. The van der Waals surface area contributed by atoms with Crippen LogP contribution in [0.3, 0.4) is 0 Å². The minimum atomic E-state index is 0.335. The fraction of sp³-hybridized carbons (Fsp3) is 0.111. The molecule has 160 valence electrons. The summed E-state index contributed by atoms with van der Waals surface area (Å²) in [4.78, 5) is 8.92. The molecule has 0 aliphatic rings. The fourth-order valence-electron chi connectivity index (χ4n) is 3.58. The van der Waals surface area contributed by atoms with E-state index in [1.165, 1.54) is 0 Å². The first-order chi connectivity index (χ1) is 16.1. The molecule has 1 heterocycles. The molecule has 2 N–H and O–H groups in total. The van der Waals surface area contributed by atoms with Gasteiger partial charge in [0.2, 0.25) is 5.88 Å². The third kappa shape index (κ3) is 4.88. The molecule has 4 rings (SSSR count). The highest BCUT2D eigenvalue weighted by atomic mass is 16.5. The first kappa shape index (κ1) is 21.7. The number of aromatic nitrogens is 2. The molecule has 0 atom stereocenters. The molecule has 6 heteroatoms. The number of aryl methyl sites for hydroxylation is 1. The van der Waals surface area contributed by atoms with E-state index in [1.807, 2.05) is 48.5 Å². The van der Waals surface area contributed by atoms with Crippen LogP contribution in [0.5, 0.6) is 11.6 Å². The molecule has 0 amide bonds. The Morgan fingerprint density at radius 2 is 1.67 bits per heavy atom. The maximum atomic E-state index is 9.46. The lowest BCUT2D eigenvalue weighted by Crippen LogP contribution is -2.02. The molecule has 0 aliphatic carbocycles. The third-order valence-electron chi connectivity index (χ3n) is 5.16. The van der Waals surface area contributed by atoms with Crippen LogP contribution < -0.4 is 10.5 Å².